The molecule has 18 nitrogen and oxygen atoms in total. The number of rotatable bonds is 9. The first-order valence-electron chi connectivity index (χ1n) is 9.99. The van der Waals surface area contributed by atoms with Crippen LogP contribution in [0.2, 0.25) is 0 Å². The van der Waals surface area contributed by atoms with Crippen LogP contribution in [0.1, 0.15) is 6.23 Å². The van der Waals surface area contributed by atoms with E-state index in [1.807, 2.05) is 4.98 Å². The Morgan fingerprint density at radius 3 is 2.19 bits per heavy atom. The molecule has 1 aromatic rings. The highest BCUT2D eigenvalue weighted by molar-refractivity contribution is 7.80. The van der Waals surface area contributed by atoms with Crippen molar-refractivity contribution in [3.63, 3.8) is 0 Å². The minimum absolute atomic E-state index is 0.204. The molecule has 2 fully saturated rings. The highest BCUT2D eigenvalue weighted by Crippen LogP contribution is 2.61. The largest absolute Gasteiger partial charge is 0.483 e. The second kappa shape index (κ2) is 11.4. The molecule has 0 bridgehead atoms. The Kier molecular flexibility index (Phi) is 9.36. The average Bonchev–Trinajstić information content (AvgIpc) is 3.06. The Hall–Kier alpha value is -0.990. The first-order chi connectivity index (χ1) is 16.7. The summed E-state index contributed by atoms with van der Waals surface area (Å²) < 4.78 is 48.5. The van der Waals surface area contributed by atoms with Gasteiger partial charge in [-0.2, -0.15) is 16.9 Å². The molecule has 8 N–H and O–H groups in total. The van der Waals surface area contributed by atoms with Gasteiger partial charge in [-0.25, -0.2) is 13.9 Å². The van der Waals surface area contributed by atoms with Crippen LogP contribution in [0.3, 0.4) is 0 Å². The predicted molar refractivity (Wildman–Crippen MR) is 116 cm³/mol. The Balaban J connectivity index is 1.61. The lowest BCUT2D eigenvalue weighted by Crippen LogP contribution is -2.58. The molecule has 11 atom stereocenters. The van der Waals surface area contributed by atoms with Crippen molar-refractivity contribution >= 4 is 28.3 Å². The zero-order valence-corrected chi connectivity index (χ0v) is 20.5. The van der Waals surface area contributed by atoms with Crippen molar-refractivity contribution in [1.82, 2.24) is 9.55 Å². The van der Waals surface area contributed by atoms with Crippen molar-refractivity contribution in [2.45, 2.75) is 55.2 Å². The summed E-state index contributed by atoms with van der Waals surface area (Å²) in [6.07, 6.45) is -14.5. The number of aromatic amines is 1. The summed E-state index contributed by atoms with van der Waals surface area (Å²) in [5, 5.41) is 49.7. The molecule has 0 aromatic carbocycles. The molecule has 2 aliphatic heterocycles. The van der Waals surface area contributed by atoms with Gasteiger partial charge < -0.3 is 44.8 Å². The smallest absolute Gasteiger partial charge is 0.388 e. The molecule has 21 heteroatoms. The second-order valence-corrected chi connectivity index (χ2v) is 11.0. The Bertz CT molecular complexity index is 1130. The molecule has 3 heterocycles. The molecule has 2 unspecified atom stereocenters. The van der Waals surface area contributed by atoms with E-state index in [1.54, 1.807) is 0 Å². The monoisotopic (exact) mass is 582 g/mol. The molecule has 206 valence electrons. The molecule has 0 spiro atoms. The van der Waals surface area contributed by atoms with Crippen molar-refractivity contribution in [3.05, 3.63) is 33.1 Å². The number of H-pyrrole nitrogens is 1. The SMILES string of the molecule is O=c1ccn([C@@H]2O[C@H](COP(=O)(O)OP(=O)(O)O[C@H]3O[C@H](CS)[C@H](O)[C@H](O)[C@H]3O)[C@@H](O)[C@H]2O)c(=O)[nH]1. The van der Waals surface area contributed by atoms with Crippen LogP contribution in [-0.2, 0) is 32.0 Å². The standard InChI is InChI=1S/C15H24N2O16P2S/c18-7-1-2-17(15(24)16-7)13-11(22)8(19)5(30-13)3-29-34(25,26)33-35(27,28)32-14-12(23)10(21)9(20)6(4-36)31-14/h1-2,5-6,8-14,19-23,36H,3-4H2,(H,25,26)(H,27,28)(H,16,18,24)/t5-,6-,8-,9+,10+,11-,12-,13-,14-/m1/s1. The zero-order valence-electron chi connectivity index (χ0n) is 17.9. The van der Waals surface area contributed by atoms with Gasteiger partial charge in [0.05, 0.1) is 12.7 Å². The van der Waals surface area contributed by atoms with E-state index in [9.17, 15) is 54.0 Å². The number of aliphatic hydroxyl groups is 5. The second-order valence-electron chi connectivity index (χ2n) is 7.68. The van der Waals surface area contributed by atoms with Crippen LogP contribution in [0.5, 0.6) is 0 Å². The lowest BCUT2D eigenvalue weighted by atomic mass is 10.0. The van der Waals surface area contributed by atoms with E-state index in [1.165, 1.54) is 0 Å². The lowest BCUT2D eigenvalue weighted by Gasteiger charge is -2.39. The predicted octanol–water partition coefficient (Wildman–Crippen LogP) is -3.86. The number of aromatic nitrogens is 2. The molecular formula is C15H24N2O16P2S. The van der Waals surface area contributed by atoms with Crippen LogP contribution in [-0.4, -0.2) is 106 Å². The van der Waals surface area contributed by atoms with Gasteiger partial charge >= 0.3 is 21.3 Å². The quantitative estimate of drug-likeness (QED) is 0.0995. The molecule has 0 aliphatic carbocycles. The molecule has 3 rings (SSSR count). The average molecular weight is 582 g/mol. The Labute approximate surface area is 206 Å². The van der Waals surface area contributed by atoms with E-state index < -0.39 is 88.7 Å². The summed E-state index contributed by atoms with van der Waals surface area (Å²) in [6.45, 7) is -1.00. The maximum atomic E-state index is 12.2. The molecule has 2 aliphatic rings. The van der Waals surface area contributed by atoms with Crippen LogP contribution in [0.25, 0.3) is 0 Å². The number of hydrogen-bond donors (Lipinski definition) is 9. The van der Waals surface area contributed by atoms with Gasteiger partial charge in [-0.15, -0.1) is 0 Å². The van der Waals surface area contributed by atoms with Crippen LogP contribution >= 0.6 is 28.3 Å². The van der Waals surface area contributed by atoms with Gasteiger partial charge in [0.25, 0.3) is 5.56 Å². The van der Waals surface area contributed by atoms with Gasteiger partial charge in [0.1, 0.15) is 36.6 Å². The maximum absolute atomic E-state index is 12.2. The third kappa shape index (κ3) is 6.71. The maximum Gasteiger partial charge on any atom is 0.483 e. The highest BCUT2D eigenvalue weighted by Gasteiger charge is 2.49. The summed E-state index contributed by atoms with van der Waals surface area (Å²) >= 11 is 3.85. The van der Waals surface area contributed by atoms with Crippen molar-refractivity contribution in [3.8, 4) is 0 Å². The number of nitrogens with zero attached hydrogens (tertiary/aromatic N) is 1. The molecule has 0 radical (unpaired) electrons. The molecule has 0 saturated carbocycles. The van der Waals surface area contributed by atoms with Crippen LogP contribution in [0.15, 0.2) is 21.9 Å². The van der Waals surface area contributed by atoms with Crippen molar-refractivity contribution < 1.29 is 67.3 Å². The number of phosphoric acid groups is 2. The van der Waals surface area contributed by atoms with E-state index in [2.05, 4.69) is 26.0 Å². The first-order valence-corrected chi connectivity index (χ1v) is 13.6. The van der Waals surface area contributed by atoms with Crippen LogP contribution in [0, 0.1) is 0 Å². The number of thiol groups is 1. The fourth-order valence-electron chi connectivity index (χ4n) is 3.35. The summed E-state index contributed by atoms with van der Waals surface area (Å²) in [4.78, 5) is 44.6. The van der Waals surface area contributed by atoms with Gasteiger partial charge in [0.2, 0.25) is 0 Å². The van der Waals surface area contributed by atoms with Gasteiger partial charge in [-0.1, -0.05) is 0 Å². The Morgan fingerprint density at radius 2 is 1.58 bits per heavy atom. The Morgan fingerprint density at radius 1 is 0.944 bits per heavy atom. The molecule has 36 heavy (non-hydrogen) atoms. The number of aliphatic hydroxyl groups excluding tert-OH is 5. The summed E-state index contributed by atoms with van der Waals surface area (Å²) in [5.41, 5.74) is -1.73. The van der Waals surface area contributed by atoms with Crippen LogP contribution in [0.4, 0.5) is 0 Å². The minimum atomic E-state index is -5.54. The number of nitrogens with one attached hydrogen (secondary N) is 1. The molecule has 2 saturated heterocycles. The summed E-state index contributed by atoms with van der Waals surface area (Å²) in [5.74, 6) is -0.204. The van der Waals surface area contributed by atoms with E-state index in [0.717, 1.165) is 16.8 Å². The number of phosphoric ester groups is 2. The zero-order chi connectivity index (χ0) is 27.0. The lowest BCUT2D eigenvalue weighted by molar-refractivity contribution is -0.270. The van der Waals surface area contributed by atoms with E-state index in [-0.39, 0.29) is 5.75 Å². The van der Waals surface area contributed by atoms with Crippen molar-refractivity contribution in [2.75, 3.05) is 12.4 Å². The van der Waals surface area contributed by atoms with Gasteiger partial charge in [0.15, 0.2) is 12.5 Å². The summed E-state index contributed by atoms with van der Waals surface area (Å²) in [7, 11) is -11.0. The molecule has 1 aromatic heterocycles. The third-order valence-electron chi connectivity index (χ3n) is 5.16. The van der Waals surface area contributed by atoms with Crippen molar-refractivity contribution in [1.29, 1.82) is 0 Å². The number of hydrogen-bond acceptors (Lipinski definition) is 15. The first kappa shape index (κ1) is 29.6. The third-order valence-corrected chi connectivity index (χ3v) is 8.12. The fraction of sp³-hybridized carbons (Fsp3) is 0.733. The topological polar surface area (TPSA) is 277 Å². The summed E-state index contributed by atoms with van der Waals surface area (Å²) in [6, 6.07) is 0.938. The number of ether oxygens (including phenoxy) is 2. The van der Waals surface area contributed by atoms with Gasteiger partial charge in [0, 0.05) is 18.0 Å². The van der Waals surface area contributed by atoms with Crippen molar-refractivity contribution in [2.24, 2.45) is 0 Å². The van der Waals surface area contributed by atoms with Gasteiger partial charge in [-0.05, 0) is 0 Å². The molecular weight excluding hydrogens is 558 g/mol. The normalized spacial score (nSPS) is 38.4. The fourth-order valence-corrected chi connectivity index (χ4v) is 5.81. The van der Waals surface area contributed by atoms with Gasteiger partial charge in [-0.3, -0.25) is 23.4 Å². The van der Waals surface area contributed by atoms with Crippen LogP contribution < -0.4 is 11.2 Å². The minimum Gasteiger partial charge on any atom is -0.388 e. The van der Waals surface area contributed by atoms with E-state index in [0.29, 0.717) is 0 Å². The van der Waals surface area contributed by atoms with E-state index in [4.69, 9.17) is 9.47 Å². The highest BCUT2D eigenvalue weighted by atomic mass is 32.1. The molecule has 0 amide bonds. The van der Waals surface area contributed by atoms with E-state index >= 15 is 0 Å².